The van der Waals surface area contributed by atoms with Crippen LogP contribution in [0, 0.1) is 0 Å². The third-order valence-electron chi connectivity index (χ3n) is 4.89. The second kappa shape index (κ2) is 10.2. The molecule has 0 atom stereocenters. The number of ether oxygens (including phenoxy) is 1. The van der Waals surface area contributed by atoms with Gasteiger partial charge in [0.05, 0.1) is 6.61 Å². The molecule has 6 nitrogen and oxygen atoms in total. The average molecular weight is 445 g/mol. The van der Waals surface area contributed by atoms with Crippen LogP contribution >= 0.6 is 11.8 Å². The van der Waals surface area contributed by atoms with Crippen LogP contribution in [0.5, 0.6) is 5.75 Å². The van der Waals surface area contributed by atoms with E-state index in [1.807, 2.05) is 67.6 Å². The van der Waals surface area contributed by atoms with Gasteiger partial charge in [0.1, 0.15) is 11.6 Å². The third-order valence-corrected chi connectivity index (χ3v) is 5.89. The molecule has 7 heteroatoms. The highest BCUT2D eigenvalue weighted by molar-refractivity contribution is 7.98. The van der Waals surface area contributed by atoms with Gasteiger partial charge in [-0.2, -0.15) is 0 Å². The first-order valence-corrected chi connectivity index (χ1v) is 11.4. The summed E-state index contributed by atoms with van der Waals surface area (Å²) in [5.74, 6) is 1.89. The van der Waals surface area contributed by atoms with Crippen molar-refractivity contribution in [3.63, 3.8) is 0 Å². The van der Waals surface area contributed by atoms with Crippen LogP contribution in [0.15, 0.2) is 84.0 Å². The molecule has 32 heavy (non-hydrogen) atoms. The number of benzene rings is 3. The molecule has 0 radical (unpaired) electrons. The van der Waals surface area contributed by atoms with Crippen LogP contribution in [0.4, 0.5) is 0 Å². The van der Waals surface area contributed by atoms with Gasteiger partial charge in [0.2, 0.25) is 5.91 Å². The van der Waals surface area contributed by atoms with Crippen molar-refractivity contribution in [3.8, 4) is 11.4 Å². The Bertz CT molecular complexity index is 1190. The molecule has 4 rings (SSSR count). The summed E-state index contributed by atoms with van der Waals surface area (Å²) in [4.78, 5) is 11.5. The van der Waals surface area contributed by atoms with E-state index in [0.29, 0.717) is 24.3 Å². The first-order valence-electron chi connectivity index (χ1n) is 10.4. The standard InChI is InChI=1S/C25H24N4O2S/c1-2-31-22-13-11-21(12-14-22)29-23(16-18-7-4-3-5-8-18)27-28-25(29)32-17-19-9-6-10-20(15-19)24(26)30/h3-15H,2,16-17H2,1H3,(H2,26,30). The lowest BCUT2D eigenvalue weighted by Crippen LogP contribution is -2.10. The normalized spacial score (nSPS) is 10.8. The van der Waals surface area contributed by atoms with E-state index in [1.165, 1.54) is 0 Å². The Morgan fingerprint density at radius 3 is 2.44 bits per heavy atom. The van der Waals surface area contributed by atoms with E-state index < -0.39 is 5.91 Å². The first kappa shape index (κ1) is 21.6. The van der Waals surface area contributed by atoms with E-state index in [9.17, 15) is 4.79 Å². The highest BCUT2D eigenvalue weighted by atomic mass is 32.2. The number of nitrogens with zero attached hydrogens (tertiary/aromatic N) is 3. The summed E-state index contributed by atoms with van der Waals surface area (Å²) in [7, 11) is 0. The lowest BCUT2D eigenvalue weighted by atomic mass is 10.1. The van der Waals surface area contributed by atoms with Crippen molar-refractivity contribution in [2.45, 2.75) is 24.3 Å². The van der Waals surface area contributed by atoms with Crippen molar-refractivity contribution in [1.82, 2.24) is 14.8 Å². The van der Waals surface area contributed by atoms with Crippen molar-refractivity contribution in [3.05, 3.63) is 101 Å². The Labute approximate surface area is 191 Å². The van der Waals surface area contributed by atoms with Gasteiger partial charge in [-0.15, -0.1) is 10.2 Å². The molecule has 0 bridgehead atoms. The van der Waals surface area contributed by atoms with Gasteiger partial charge in [-0.1, -0.05) is 54.2 Å². The second-order valence-electron chi connectivity index (χ2n) is 7.18. The summed E-state index contributed by atoms with van der Waals surface area (Å²) >= 11 is 1.57. The fourth-order valence-electron chi connectivity index (χ4n) is 3.37. The number of nitrogens with two attached hydrogens (primary N) is 1. The number of carbonyl (C=O) groups excluding carboxylic acids is 1. The minimum absolute atomic E-state index is 0.431. The fourth-order valence-corrected chi connectivity index (χ4v) is 4.28. The minimum atomic E-state index is -0.431. The quantitative estimate of drug-likeness (QED) is 0.380. The molecular formula is C25H24N4O2S. The van der Waals surface area contributed by atoms with Crippen molar-refractivity contribution in [1.29, 1.82) is 0 Å². The summed E-state index contributed by atoms with van der Waals surface area (Å²) < 4.78 is 7.66. The van der Waals surface area contributed by atoms with Gasteiger partial charge in [-0.05, 0) is 54.4 Å². The maximum atomic E-state index is 11.5. The SMILES string of the molecule is CCOc1ccc(-n2c(Cc3ccccc3)nnc2SCc2cccc(C(N)=O)c2)cc1. The highest BCUT2D eigenvalue weighted by Gasteiger charge is 2.16. The molecule has 162 valence electrons. The molecule has 0 aliphatic heterocycles. The van der Waals surface area contributed by atoms with Crippen molar-refractivity contribution < 1.29 is 9.53 Å². The number of thioether (sulfide) groups is 1. The molecule has 1 heterocycles. The summed E-state index contributed by atoms with van der Waals surface area (Å²) in [5.41, 5.74) is 9.05. The van der Waals surface area contributed by atoms with Crippen LogP contribution in [-0.2, 0) is 12.2 Å². The van der Waals surface area contributed by atoms with Gasteiger partial charge in [-0.3, -0.25) is 9.36 Å². The van der Waals surface area contributed by atoms with Crippen LogP contribution in [0.1, 0.15) is 34.2 Å². The van der Waals surface area contributed by atoms with Gasteiger partial charge in [0.25, 0.3) is 0 Å². The number of rotatable bonds is 9. The Morgan fingerprint density at radius 2 is 1.72 bits per heavy atom. The zero-order valence-corrected chi connectivity index (χ0v) is 18.6. The predicted octanol–water partition coefficient (Wildman–Crippen LogP) is 4.65. The average Bonchev–Trinajstić information content (AvgIpc) is 3.21. The lowest BCUT2D eigenvalue weighted by Gasteiger charge is -2.12. The number of carbonyl (C=O) groups is 1. The molecule has 0 fully saturated rings. The summed E-state index contributed by atoms with van der Waals surface area (Å²) in [5, 5.41) is 9.75. The third kappa shape index (κ3) is 5.18. The Kier molecular flexibility index (Phi) is 6.87. The molecule has 1 aromatic heterocycles. The molecule has 1 amide bonds. The Balaban J connectivity index is 1.64. The van der Waals surface area contributed by atoms with Gasteiger partial charge >= 0.3 is 0 Å². The smallest absolute Gasteiger partial charge is 0.248 e. The highest BCUT2D eigenvalue weighted by Crippen LogP contribution is 2.27. The molecule has 0 unspecified atom stereocenters. The minimum Gasteiger partial charge on any atom is -0.494 e. The van der Waals surface area contributed by atoms with Crippen LogP contribution < -0.4 is 10.5 Å². The number of hydrogen-bond acceptors (Lipinski definition) is 5. The van der Waals surface area contributed by atoms with Crippen molar-refractivity contribution in [2.75, 3.05) is 6.61 Å². The van der Waals surface area contributed by atoms with Gasteiger partial charge in [0.15, 0.2) is 5.16 Å². The molecule has 0 aliphatic rings. The predicted molar refractivity (Wildman–Crippen MR) is 126 cm³/mol. The van der Waals surface area contributed by atoms with Crippen molar-refractivity contribution in [2.24, 2.45) is 5.73 Å². The number of amides is 1. The monoisotopic (exact) mass is 444 g/mol. The number of hydrogen-bond donors (Lipinski definition) is 1. The van der Waals surface area contributed by atoms with Gasteiger partial charge in [0, 0.05) is 23.4 Å². The van der Waals surface area contributed by atoms with Gasteiger partial charge in [-0.25, -0.2) is 0 Å². The fraction of sp³-hybridized carbons (Fsp3) is 0.160. The molecule has 0 aliphatic carbocycles. The van der Waals surface area contributed by atoms with Crippen LogP contribution in [-0.4, -0.2) is 27.3 Å². The van der Waals surface area contributed by atoms with E-state index in [-0.39, 0.29) is 0 Å². The summed E-state index contributed by atoms with van der Waals surface area (Å²) in [6.07, 6.45) is 0.665. The first-order chi connectivity index (χ1) is 15.6. The van der Waals surface area contributed by atoms with E-state index in [2.05, 4.69) is 26.9 Å². The molecule has 0 saturated heterocycles. The number of aromatic nitrogens is 3. The Hall–Kier alpha value is -3.58. The molecule has 3 aromatic carbocycles. The number of primary amides is 1. The van der Waals surface area contributed by atoms with E-state index in [4.69, 9.17) is 10.5 Å². The second-order valence-corrected chi connectivity index (χ2v) is 8.12. The Morgan fingerprint density at radius 1 is 0.969 bits per heavy atom. The molecule has 4 aromatic rings. The van der Waals surface area contributed by atoms with Crippen LogP contribution in [0.3, 0.4) is 0 Å². The topological polar surface area (TPSA) is 83.0 Å². The van der Waals surface area contributed by atoms with E-state index in [1.54, 1.807) is 17.8 Å². The largest absolute Gasteiger partial charge is 0.494 e. The molecule has 0 saturated carbocycles. The summed E-state index contributed by atoms with van der Waals surface area (Å²) in [6, 6.07) is 25.5. The zero-order valence-electron chi connectivity index (χ0n) is 17.8. The maximum Gasteiger partial charge on any atom is 0.248 e. The maximum absolute atomic E-state index is 11.5. The van der Waals surface area contributed by atoms with E-state index >= 15 is 0 Å². The lowest BCUT2D eigenvalue weighted by molar-refractivity contribution is 0.1000. The van der Waals surface area contributed by atoms with Gasteiger partial charge < -0.3 is 10.5 Å². The zero-order chi connectivity index (χ0) is 22.3. The van der Waals surface area contributed by atoms with E-state index in [0.717, 1.165) is 33.5 Å². The molecule has 2 N–H and O–H groups in total. The van der Waals surface area contributed by atoms with Crippen LogP contribution in [0.2, 0.25) is 0 Å². The molecular weight excluding hydrogens is 420 g/mol. The van der Waals surface area contributed by atoms with Crippen LogP contribution in [0.25, 0.3) is 5.69 Å². The summed E-state index contributed by atoms with van der Waals surface area (Å²) in [6.45, 7) is 2.59. The molecule has 0 spiro atoms. The van der Waals surface area contributed by atoms with Crippen molar-refractivity contribution >= 4 is 17.7 Å².